The second-order valence-corrected chi connectivity index (χ2v) is 13.1. The molecule has 0 aliphatic carbocycles. The Morgan fingerprint density at radius 1 is 0.918 bits per heavy atom. The summed E-state index contributed by atoms with van der Waals surface area (Å²) in [6.07, 6.45) is 12.0. The first-order valence-electron chi connectivity index (χ1n) is 16.9. The Kier molecular flexibility index (Phi) is 10.1. The molecule has 4 heterocycles. The quantitative estimate of drug-likeness (QED) is 0.160. The van der Waals surface area contributed by atoms with Crippen molar-refractivity contribution in [3.63, 3.8) is 0 Å². The van der Waals surface area contributed by atoms with Crippen LogP contribution in [-0.4, -0.2) is 46.0 Å². The van der Waals surface area contributed by atoms with E-state index in [0.29, 0.717) is 22.9 Å². The van der Waals surface area contributed by atoms with Crippen molar-refractivity contribution in [2.24, 2.45) is 0 Å². The molecule has 8 nitrogen and oxygen atoms in total. The topological polar surface area (TPSA) is 96.2 Å². The number of benzene rings is 3. The molecule has 248 valence electrons. The van der Waals surface area contributed by atoms with E-state index in [-0.39, 0.29) is 6.61 Å². The van der Waals surface area contributed by atoms with E-state index in [1.54, 1.807) is 18.5 Å². The van der Waals surface area contributed by atoms with Gasteiger partial charge in [-0.25, -0.2) is 4.98 Å². The minimum Gasteiger partial charge on any atom is -0.488 e. The minimum absolute atomic E-state index is 0.282. The van der Waals surface area contributed by atoms with Gasteiger partial charge in [-0.2, -0.15) is 5.26 Å². The third-order valence-electron chi connectivity index (χ3n) is 9.35. The average molecular weight is 671 g/mol. The Balaban J connectivity index is 1.12. The second-order valence-electron chi connectivity index (χ2n) is 12.7. The molecule has 49 heavy (non-hydrogen) atoms. The highest BCUT2D eigenvalue weighted by Gasteiger charge is 2.18. The average Bonchev–Trinajstić information content (AvgIpc) is 3.15. The molecule has 7 rings (SSSR count). The second kappa shape index (κ2) is 15.2. The number of likely N-dealkylation sites (tertiary alicyclic amines) is 1. The molecule has 0 radical (unpaired) electrons. The first-order chi connectivity index (χ1) is 24.0. The summed E-state index contributed by atoms with van der Waals surface area (Å²) in [7, 11) is 0. The number of fused-ring (bicyclic) bond motifs is 1. The molecular formula is C40H39ClN6O2. The molecule has 0 unspecified atom stereocenters. The molecule has 0 saturated carbocycles. The summed E-state index contributed by atoms with van der Waals surface area (Å²) in [6, 6.07) is 20.4. The van der Waals surface area contributed by atoms with E-state index in [9.17, 15) is 5.26 Å². The normalized spacial score (nSPS) is 15.1. The minimum atomic E-state index is 0.282. The predicted molar refractivity (Wildman–Crippen MR) is 193 cm³/mol. The van der Waals surface area contributed by atoms with E-state index in [0.717, 1.165) is 95.0 Å². The van der Waals surface area contributed by atoms with Crippen molar-refractivity contribution in [3.8, 4) is 28.7 Å². The number of nitriles is 1. The molecule has 0 atom stereocenters. The van der Waals surface area contributed by atoms with Crippen LogP contribution in [0.25, 0.3) is 27.7 Å². The molecule has 1 fully saturated rings. The highest BCUT2D eigenvalue weighted by molar-refractivity contribution is 6.32. The molecule has 1 saturated heterocycles. The Labute approximate surface area is 292 Å². The number of nitrogens with zero attached hydrogens (tertiary/aromatic N) is 5. The van der Waals surface area contributed by atoms with Gasteiger partial charge >= 0.3 is 0 Å². The molecule has 0 bridgehead atoms. The lowest BCUT2D eigenvalue weighted by molar-refractivity contribution is 0.214. The number of hydrogen-bond acceptors (Lipinski definition) is 8. The summed E-state index contributed by atoms with van der Waals surface area (Å²) in [5.74, 6) is 1.28. The molecule has 0 amide bonds. The van der Waals surface area contributed by atoms with Gasteiger partial charge in [0.2, 0.25) is 0 Å². The number of nitrogens with one attached hydrogen (secondary N) is 1. The Morgan fingerprint density at radius 2 is 1.80 bits per heavy atom. The van der Waals surface area contributed by atoms with E-state index in [4.69, 9.17) is 31.0 Å². The SMILES string of the molecule is Cc1c(COc2cc(OCc3cncc(C#N)c3)c(CN3CCCCC3)cc2Cl)cccc1-c1ccc2ncc(C3=CCNCC3)nc2c1. The van der Waals surface area contributed by atoms with Gasteiger partial charge in [0.1, 0.15) is 30.8 Å². The van der Waals surface area contributed by atoms with Gasteiger partial charge < -0.3 is 14.8 Å². The fourth-order valence-electron chi connectivity index (χ4n) is 6.59. The van der Waals surface area contributed by atoms with Crippen molar-refractivity contribution in [3.05, 3.63) is 118 Å². The van der Waals surface area contributed by atoms with Crippen LogP contribution in [0.3, 0.4) is 0 Å². The van der Waals surface area contributed by atoms with Crippen LogP contribution in [-0.2, 0) is 19.8 Å². The van der Waals surface area contributed by atoms with Crippen molar-refractivity contribution < 1.29 is 9.47 Å². The number of rotatable bonds is 10. The summed E-state index contributed by atoms with van der Waals surface area (Å²) in [6.45, 7) is 7.43. The van der Waals surface area contributed by atoms with Crippen molar-refractivity contribution in [2.75, 3.05) is 26.2 Å². The van der Waals surface area contributed by atoms with Crippen LogP contribution in [0.15, 0.2) is 79.3 Å². The van der Waals surface area contributed by atoms with Gasteiger partial charge in [-0.05, 0) is 97.9 Å². The highest BCUT2D eigenvalue weighted by Crippen LogP contribution is 2.36. The maximum absolute atomic E-state index is 9.32. The summed E-state index contributed by atoms with van der Waals surface area (Å²) >= 11 is 6.87. The Hall–Kier alpha value is -4.81. The van der Waals surface area contributed by atoms with Crippen molar-refractivity contribution in [1.29, 1.82) is 5.26 Å². The third kappa shape index (κ3) is 7.76. The van der Waals surface area contributed by atoms with E-state index < -0.39 is 0 Å². The largest absolute Gasteiger partial charge is 0.488 e. The van der Waals surface area contributed by atoms with Crippen LogP contribution in [0.5, 0.6) is 11.5 Å². The monoisotopic (exact) mass is 670 g/mol. The molecule has 5 aromatic rings. The van der Waals surface area contributed by atoms with Gasteiger partial charge in [-0.1, -0.05) is 48.4 Å². The van der Waals surface area contributed by atoms with E-state index in [2.05, 4.69) is 64.6 Å². The maximum Gasteiger partial charge on any atom is 0.142 e. The van der Waals surface area contributed by atoms with Gasteiger partial charge in [-0.3, -0.25) is 14.9 Å². The summed E-state index contributed by atoms with van der Waals surface area (Å²) in [5.41, 5.74) is 10.7. The van der Waals surface area contributed by atoms with Crippen LogP contribution in [0.4, 0.5) is 0 Å². The zero-order valence-electron chi connectivity index (χ0n) is 27.7. The first kappa shape index (κ1) is 32.7. The van der Waals surface area contributed by atoms with Gasteiger partial charge in [-0.15, -0.1) is 0 Å². The summed E-state index contributed by atoms with van der Waals surface area (Å²) < 4.78 is 12.8. The molecule has 2 aliphatic rings. The van der Waals surface area contributed by atoms with Crippen LogP contribution < -0.4 is 14.8 Å². The Bertz CT molecular complexity index is 2050. The third-order valence-corrected chi connectivity index (χ3v) is 9.65. The fourth-order valence-corrected chi connectivity index (χ4v) is 6.83. The summed E-state index contributed by atoms with van der Waals surface area (Å²) in [5, 5.41) is 13.2. The summed E-state index contributed by atoms with van der Waals surface area (Å²) in [4.78, 5) is 16.3. The fraction of sp³-hybridized carbons (Fsp3) is 0.300. The van der Waals surface area contributed by atoms with Gasteiger partial charge in [0.15, 0.2) is 0 Å². The van der Waals surface area contributed by atoms with Crippen molar-refractivity contribution in [1.82, 2.24) is 25.2 Å². The first-order valence-corrected chi connectivity index (χ1v) is 17.3. The number of aromatic nitrogens is 3. The zero-order chi connectivity index (χ0) is 33.6. The number of halogens is 1. The van der Waals surface area contributed by atoms with Crippen LogP contribution in [0.2, 0.25) is 5.02 Å². The number of ether oxygens (including phenoxy) is 2. The number of hydrogen-bond donors (Lipinski definition) is 1. The predicted octanol–water partition coefficient (Wildman–Crippen LogP) is 8.05. The van der Waals surface area contributed by atoms with Gasteiger partial charge in [0.25, 0.3) is 0 Å². The van der Waals surface area contributed by atoms with Crippen LogP contribution >= 0.6 is 11.6 Å². The van der Waals surface area contributed by atoms with Crippen molar-refractivity contribution in [2.45, 2.75) is 52.4 Å². The molecule has 0 spiro atoms. The molecule has 2 aromatic heterocycles. The van der Waals surface area contributed by atoms with Crippen molar-refractivity contribution >= 4 is 28.2 Å². The lowest BCUT2D eigenvalue weighted by Crippen LogP contribution is -2.29. The molecule has 9 heteroatoms. The molecule has 3 aromatic carbocycles. The number of pyridine rings is 1. The smallest absolute Gasteiger partial charge is 0.142 e. The molecule has 2 aliphatic heterocycles. The van der Waals surface area contributed by atoms with E-state index in [1.807, 2.05) is 24.4 Å². The highest BCUT2D eigenvalue weighted by atomic mass is 35.5. The zero-order valence-corrected chi connectivity index (χ0v) is 28.5. The molecule has 1 N–H and O–H groups in total. The van der Waals surface area contributed by atoms with Gasteiger partial charge in [0, 0.05) is 42.7 Å². The lowest BCUT2D eigenvalue weighted by atomic mass is 9.96. The Morgan fingerprint density at radius 3 is 2.63 bits per heavy atom. The van der Waals surface area contributed by atoms with E-state index in [1.165, 1.54) is 24.8 Å². The van der Waals surface area contributed by atoms with Crippen LogP contribution in [0.1, 0.15) is 59.2 Å². The molecular weight excluding hydrogens is 632 g/mol. The maximum atomic E-state index is 9.32. The lowest BCUT2D eigenvalue weighted by Gasteiger charge is -2.27. The van der Waals surface area contributed by atoms with Crippen LogP contribution in [0, 0.1) is 18.3 Å². The standard InChI is InChI=1S/C40H39ClN6O2/c1-27-32(6-5-7-34(27)31-8-9-36-37(18-31)46-38(23-45-36)30-10-12-43-13-11-30)26-49-40-19-39(48-25-29-16-28(20-42)21-44-22-29)33(17-35(40)41)24-47-14-3-2-4-15-47/h5-10,16-19,21-23,43H,2-4,11-15,24-26H2,1H3. The van der Waals surface area contributed by atoms with Gasteiger partial charge in [0.05, 0.1) is 33.5 Å². The number of piperidine rings is 1. The van der Waals surface area contributed by atoms with E-state index >= 15 is 0 Å².